The minimum atomic E-state index is 0.317. The maximum absolute atomic E-state index is 9.15. The van der Waals surface area contributed by atoms with E-state index >= 15 is 0 Å². The predicted octanol–water partition coefficient (Wildman–Crippen LogP) is 1.82. The van der Waals surface area contributed by atoms with E-state index in [2.05, 4.69) is 25.5 Å². The highest BCUT2D eigenvalue weighted by atomic mass is 15.3. The first-order valence-corrected chi connectivity index (χ1v) is 7.42. The van der Waals surface area contributed by atoms with Crippen molar-refractivity contribution < 1.29 is 0 Å². The zero-order chi connectivity index (χ0) is 17.4. The van der Waals surface area contributed by atoms with Crippen LogP contribution < -0.4 is 11.1 Å². The van der Waals surface area contributed by atoms with E-state index in [1.54, 1.807) is 17.1 Å². The molecule has 0 saturated heterocycles. The number of nitriles is 1. The third kappa shape index (κ3) is 2.61. The van der Waals surface area contributed by atoms with Crippen LogP contribution in [-0.2, 0) is 0 Å². The molecule has 0 aliphatic rings. The number of imidazole rings is 1. The second-order valence-corrected chi connectivity index (χ2v) is 5.50. The molecule has 0 saturated carbocycles. The molecule has 3 N–H and O–H groups in total. The van der Waals surface area contributed by atoms with Gasteiger partial charge in [-0.15, -0.1) is 5.10 Å². The van der Waals surface area contributed by atoms with Crippen molar-refractivity contribution in [3.8, 4) is 11.8 Å². The van der Waals surface area contributed by atoms with Crippen molar-refractivity contribution >= 4 is 22.8 Å². The second-order valence-electron chi connectivity index (χ2n) is 5.50. The van der Waals surface area contributed by atoms with Crippen LogP contribution in [0.4, 0.5) is 17.2 Å². The fraction of sp³-hybridized carbons (Fsp3) is 0.0625. The highest BCUT2D eigenvalue weighted by molar-refractivity contribution is 5.71. The van der Waals surface area contributed by atoms with E-state index in [1.807, 2.05) is 31.2 Å². The number of benzene rings is 1. The molecule has 4 rings (SSSR count). The molecule has 3 heterocycles. The zero-order valence-corrected chi connectivity index (χ0v) is 13.2. The molecule has 0 bridgehead atoms. The molecular formula is C16H13N9. The fourth-order valence-corrected chi connectivity index (χ4v) is 2.59. The number of hydrogen-bond acceptors (Lipinski definition) is 7. The molecule has 3 aromatic heterocycles. The molecule has 25 heavy (non-hydrogen) atoms. The Hall–Kier alpha value is -3.93. The summed E-state index contributed by atoms with van der Waals surface area (Å²) >= 11 is 0. The lowest BCUT2D eigenvalue weighted by atomic mass is 10.2. The van der Waals surface area contributed by atoms with Crippen molar-refractivity contribution in [1.29, 1.82) is 5.26 Å². The van der Waals surface area contributed by atoms with E-state index in [4.69, 9.17) is 11.0 Å². The normalized spacial score (nSPS) is 10.7. The first-order valence-electron chi connectivity index (χ1n) is 7.42. The minimum absolute atomic E-state index is 0.317. The summed E-state index contributed by atoms with van der Waals surface area (Å²) in [6.07, 6.45) is 4.55. The largest absolute Gasteiger partial charge is 0.396 e. The number of nitrogens with zero attached hydrogens (tertiary/aromatic N) is 7. The van der Waals surface area contributed by atoms with Gasteiger partial charge >= 0.3 is 0 Å². The Morgan fingerprint density at radius 2 is 2.12 bits per heavy atom. The highest BCUT2D eigenvalue weighted by Gasteiger charge is 2.10. The van der Waals surface area contributed by atoms with Crippen LogP contribution in [-0.4, -0.2) is 29.4 Å². The SMILES string of the molecule is Cc1cc(Nc2cc(N)c3ncc(C#N)n3n2)cc(-n2cncn2)c1. The maximum Gasteiger partial charge on any atom is 0.178 e. The summed E-state index contributed by atoms with van der Waals surface area (Å²) in [6.45, 7) is 1.99. The average molecular weight is 331 g/mol. The van der Waals surface area contributed by atoms with Crippen molar-refractivity contribution in [2.45, 2.75) is 6.92 Å². The molecule has 122 valence electrons. The van der Waals surface area contributed by atoms with Gasteiger partial charge < -0.3 is 11.1 Å². The minimum Gasteiger partial charge on any atom is -0.396 e. The van der Waals surface area contributed by atoms with Gasteiger partial charge in [0.25, 0.3) is 0 Å². The number of hydrogen-bond donors (Lipinski definition) is 2. The van der Waals surface area contributed by atoms with E-state index in [-0.39, 0.29) is 0 Å². The molecule has 4 aromatic rings. The quantitative estimate of drug-likeness (QED) is 0.587. The Labute approximate surface area is 142 Å². The fourth-order valence-electron chi connectivity index (χ4n) is 2.59. The van der Waals surface area contributed by atoms with Crippen molar-refractivity contribution in [3.63, 3.8) is 0 Å². The summed E-state index contributed by atoms with van der Waals surface area (Å²) in [5, 5.41) is 20.9. The molecule has 0 aliphatic heterocycles. The van der Waals surface area contributed by atoms with Gasteiger partial charge in [-0.3, -0.25) is 0 Å². The van der Waals surface area contributed by atoms with Crippen molar-refractivity contribution in [1.82, 2.24) is 29.4 Å². The number of aryl methyl sites for hydroxylation is 1. The highest BCUT2D eigenvalue weighted by Crippen LogP contribution is 2.23. The summed E-state index contributed by atoms with van der Waals surface area (Å²) in [4.78, 5) is 8.07. The van der Waals surface area contributed by atoms with Crippen LogP contribution in [0.2, 0.25) is 0 Å². The molecule has 0 unspecified atom stereocenters. The maximum atomic E-state index is 9.15. The number of nitrogens with two attached hydrogens (primary N) is 1. The first-order chi connectivity index (χ1) is 12.1. The number of anilines is 3. The first kappa shape index (κ1) is 14.6. The van der Waals surface area contributed by atoms with Gasteiger partial charge in [0.2, 0.25) is 0 Å². The van der Waals surface area contributed by atoms with Gasteiger partial charge in [0, 0.05) is 11.8 Å². The van der Waals surface area contributed by atoms with Crippen LogP contribution in [0.25, 0.3) is 11.3 Å². The van der Waals surface area contributed by atoms with Crippen LogP contribution >= 0.6 is 0 Å². The van der Waals surface area contributed by atoms with Gasteiger partial charge in [0.1, 0.15) is 18.7 Å². The summed E-state index contributed by atoms with van der Waals surface area (Å²) in [5.41, 5.74) is 9.96. The van der Waals surface area contributed by atoms with Crippen LogP contribution in [0.5, 0.6) is 0 Å². The second kappa shape index (κ2) is 5.61. The number of fused-ring (bicyclic) bond motifs is 1. The van der Waals surface area contributed by atoms with Gasteiger partial charge in [0.05, 0.1) is 17.6 Å². The molecule has 0 aliphatic carbocycles. The molecule has 0 fully saturated rings. The molecule has 0 spiro atoms. The summed E-state index contributed by atoms with van der Waals surface area (Å²) in [7, 11) is 0. The zero-order valence-electron chi connectivity index (χ0n) is 13.2. The van der Waals surface area contributed by atoms with Gasteiger partial charge in [-0.2, -0.15) is 14.9 Å². The van der Waals surface area contributed by atoms with Gasteiger partial charge in [-0.1, -0.05) is 0 Å². The molecule has 9 heteroatoms. The van der Waals surface area contributed by atoms with E-state index in [9.17, 15) is 0 Å². The van der Waals surface area contributed by atoms with Crippen LogP contribution in [0.3, 0.4) is 0 Å². The van der Waals surface area contributed by atoms with Gasteiger partial charge in [-0.25, -0.2) is 14.6 Å². The molecular weight excluding hydrogens is 318 g/mol. The molecule has 0 atom stereocenters. The van der Waals surface area contributed by atoms with Crippen LogP contribution in [0.15, 0.2) is 43.1 Å². The molecule has 1 aromatic carbocycles. The van der Waals surface area contributed by atoms with Crippen molar-refractivity contribution in [2.75, 3.05) is 11.1 Å². The van der Waals surface area contributed by atoms with E-state index in [0.717, 1.165) is 16.9 Å². The predicted molar refractivity (Wildman–Crippen MR) is 91.5 cm³/mol. The number of nitrogens with one attached hydrogen (secondary N) is 1. The Kier molecular flexibility index (Phi) is 3.29. The van der Waals surface area contributed by atoms with Crippen molar-refractivity contribution in [2.24, 2.45) is 0 Å². The van der Waals surface area contributed by atoms with Gasteiger partial charge in [0.15, 0.2) is 17.2 Å². The van der Waals surface area contributed by atoms with Crippen LogP contribution in [0.1, 0.15) is 11.3 Å². The van der Waals surface area contributed by atoms with Crippen LogP contribution in [0, 0.1) is 18.3 Å². The third-order valence-corrected chi connectivity index (χ3v) is 3.63. The van der Waals surface area contributed by atoms with E-state index in [0.29, 0.717) is 22.8 Å². The lowest BCUT2D eigenvalue weighted by molar-refractivity contribution is 0.877. The number of rotatable bonds is 3. The van der Waals surface area contributed by atoms with Crippen molar-refractivity contribution in [3.05, 3.63) is 54.4 Å². The van der Waals surface area contributed by atoms with E-state index < -0.39 is 0 Å². The number of nitrogen functional groups attached to an aromatic ring is 1. The Morgan fingerprint density at radius 3 is 2.88 bits per heavy atom. The lowest BCUT2D eigenvalue weighted by Crippen LogP contribution is -2.04. The average Bonchev–Trinajstić information content (AvgIpc) is 3.24. The summed E-state index contributed by atoms with van der Waals surface area (Å²) in [6, 6.07) is 9.61. The number of aromatic nitrogens is 6. The Bertz CT molecular complexity index is 1100. The monoisotopic (exact) mass is 331 g/mol. The topological polar surface area (TPSA) is 123 Å². The summed E-state index contributed by atoms with van der Waals surface area (Å²) < 4.78 is 3.10. The summed E-state index contributed by atoms with van der Waals surface area (Å²) in [5.74, 6) is 0.509. The third-order valence-electron chi connectivity index (χ3n) is 3.63. The van der Waals surface area contributed by atoms with Gasteiger partial charge in [-0.05, 0) is 30.7 Å². The molecule has 0 amide bonds. The lowest BCUT2D eigenvalue weighted by Gasteiger charge is -2.10. The molecule has 0 radical (unpaired) electrons. The van der Waals surface area contributed by atoms with E-state index in [1.165, 1.54) is 17.0 Å². The smallest absolute Gasteiger partial charge is 0.178 e. The Balaban J connectivity index is 1.75. The molecule has 9 nitrogen and oxygen atoms in total. The Morgan fingerprint density at radius 1 is 1.24 bits per heavy atom. The standard InChI is InChI=1S/C16H13N9/c1-10-2-11(4-12(3-10)24-9-19-8-21-24)22-15-5-14(18)16-20-7-13(6-17)25(16)23-15/h2-5,7-9H,18H2,1H3,(H,22,23).